The van der Waals surface area contributed by atoms with Crippen LogP contribution in [-0.2, 0) is 5.41 Å². The van der Waals surface area contributed by atoms with Crippen molar-refractivity contribution in [2.24, 2.45) is 0 Å². The van der Waals surface area contributed by atoms with E-state index >= 15 is 0 Å². The van der Waals surface area contributed by atoms with Gasteiger partial charge in [-0.25, -0.2) is 4.90 Å². The summed E-state index contributed by atoms with van der Waals surface area (Å²) in [6.07, 6.45) is -4.84. The first-order valence-electron chi connectivity index (χ1n) is 11.0. The maximum Gasteiger partial charge on any atom is 0.402 e. The lowest BCUT2D eigenvalue weighted by molar-refractivity contribution is -0.173. The van der Waals surface area contributed by atoms with E-state index in [-0.39, 0.29) is 33.4 Å². The molecule has 2 aliphatic rings. The predicted octanol–water partition coefficient (Wildman–Crippen LogP) is 4.89. The molecule has 0 fully saturated rings. The first-order valence-corrected chi connectivity index (χ1v) is 11.0. The van der Waals surface area contributed by atoms with Gasteiger partial charge < -0.3 is 0 Å². The van der Waals surface area contributed by atoms with E-state index in [0.29, 0.717) is 5.69 Å². The number of halogens is 3. The van der Waals surface area contributed by atoms with E-state index in [1.54, 1.807) is 24.3 Å². The summed E-state index contributed by atoms with van der Waals surface area (Å²) < 4.78 is 44.0. The van der Waals surface area contributed by atoms with Crippen LogP contribution >= 0.6 is 0 Å². The summed E-state index contributed by atoms with van der Waals surface area (Å²) in [4.78, 5) is 52.5. The number of hydrogen-bond acceptors (Lipinski definition) is 4. The molecule has 2 heterocycles. The molecule has 3 aromatic carbocycles. The molecule has 0 N–H and O–H groups in total. The van der Waals surface area contributed by atoms with E-state index < -0.39 is 35.2 Å². The molecule has 6 nitrogen and oxygen atoms in total. The Morgan fingerprint density at radius 1 is 0.639 bits per heavy atom. The molecule has 1 unspecified atom stereocenters. The molecule has 3 aromatic rings. The fourth-order valence-corrected chi connectivity index (χ4v) is 4.65. The van der Waals surface area contributed by atoms with Crippen molar-refractivity contribution in [2.45, 2.75) is 25.4 Å². The first-order chi connectivity index (χ1) is 16.9. The van der Waals surface area contributed by atoms with E-state index in [1.807, 2.05) is 6.92 Å². The van der Waals surface area contributed by atoms with Crippen LogP contribution in [-0.4, -0.2) is 41.8 Å². The molecule has 0 spiro atoms. The van der Waals surface area contributed by atoms with Crippen LogP contribution in [0.15, 0.2) is 60.7 Å². The van der Waals surface area contributed by atoms with Crippen LogP contribution in [0.25, 0.3) is 0 Å². The minimum Gasteiger partial charge on any atom is -0.277 e. The maximum atomic E-state index is 14.7. The molecule has 0 saturated carbocycles. The highest BCUT2D eigenvalue weighted by Crippen LogP contribution is 2.47. The van der Waals surface area contributed by atoms with Gasteiger partial charge in [0, 0.05) is 7.05 Å². The number of hydrogen-bond donors (Lipinski definition) is 0. The zero-order valence-corrected chi connectivity index (χ0v) is 19.4. The molecule has 182 valence electrons. The van der Waals surface area contributed by atoms with Gasteiger partial charge >= 0.3 is 6.18 Å². The van der Waals surface area contributed by atoms with Gasteiger partial charge in [-0.15, -0.1) is 0 Å². The predicted molar refractivity (Wildman–Crippen MR) is 124 cm³/mol. The third-order valence-electron chi connectivity index (χ3n) is 6.99. The van der Waals surface area contributed by atoms with Crippen LogP contribution in [0.5, 0.6) is 0 Å². The summed E-state index contributed by atoms with van der Waals surface area (Å²) in [5, 5.41) is 0. The van der Waals surface area contributed by atoms with Crippen LogP contribution in [0.3, 0.4) is 0 Å². The van der Waals surface area contributed by atoms with E-state index in [9.17, 15) is 32.3 Å². The van der Waals surface area contributed by atoms with Gasteiger partial charge in [0.25, 0.3) is 23.6 Å². The van der Waals surface area contributed by atoms with Gasteiger partial charge in [-0.1, -0.05) is 29.8 Å². The number of carbonyl (C=O) groups excluding carboxylic acids is 4. The van der Waals surface area contributed by atoms with Crippen molar-refractivity contribution in [2.75, 3.05) is 11.9 Å². The summed E-state index contributed by atoms with van der Waals surface area (Å²) >= 11 is 0. The lowest BCUT2D eigenvalue weighted by Gasteiger charge is -2.33. The number of benzene rings is 3. The highest BCUT2D eigenvalue weighted by Gasteiger charge is 2.54. The number of nitrogens with zero attached hydrogens (tertiary/aromatic N) is 2. The largest absolute Gasteiger partial charge is 0.402 e. The Morgan fingerprint density at radius 2 is 1.08 bits per heavy atom. The number of imide groups is 2. The fraction of sp³-hybridized carbons (Fsp3) is 0.185. The quantitative estimate of drug-likeness (QED) is 0.488. The fourth-order valence-electron chi connectivity index (χ4n) is 4.65. The van der Waals surface area contributed by atoms with E-state index in [1.165, 1.54) is 25.2 Å². The Hall–Kier alpha value is -4.27. The van der Waals surface area contributed by atoms with Crippen molar-refractivity contribution in [3.05, 3.63) is 99.6 Å². The molecular weight excluding hydrogens is 473 g/mol. The van der Waals surface area contributed by atoms with Crippen LogP contribution in [0.1, 0.15) is 65.0 Å². The Labute approximate surface area is 203 Å². The molecule has 4 amide bonds. The molecule has 0 aromatic heterocycles. The Bertz CT molecular complexity index is 1490. The lowest BCUT2D eigenvalue weighted by Crippen LogP contribution is -2.41. The third kappa shape index (κ3) is 3.12. The van der Waals surface area contributed by atoms with Gasteiger partial charge in [0.2, 0.25) is 0 Å². The second kappa shape index (κ2) is 7.61. The lowest BCUT2D eigenvalue weighted by atomic mass is 9.74. The zero-order chi connectivity index (χ0) is 26.2. The van der Waals surface area contributed by atoms with Crippen LogP contribution < -0.4 is 4.90 Å². The number of fused-ring (bicyclic) bond motifs is 2. The molecule has 36 heavy (non-hydrogen) atoms. The Morgan fingerprint density at radius 3 is 1.61 bits per heavy atom. The average molecular weight is 492 g/mol. The normalized spacial score (nSPS) is 16.9. The Balaban J connectivity index is 1.63. The van der Waals surface area contributed by atoms with Gasteiger partial charge in [0.1, 0.15) is 5.41 Å². The molecule has 0 bridgehead atoms. The van der Waals surface area contributed by atoms with Gasteiger partial charge in [-0.05, 0) is 61.4 Å². The van der Waals surface area contributed by atoms with Crippen molar-refractivity contribution in [1.29, 1.82) is 0 Å². The summed E-state index contributed by atoms with van der Waals surface area (Å²) in [6, 6.07) is 13.6. The number of alkyl halides is 3. The molecule has 0 radical (unpaired) electrons. The van der Waals surface area contributed by atoms with Gasteiger partial charge in [-0.3, -0.25) is 24.1 Å². The van der Waals surface area contributed by atoms with Gasteiger partial charge in [0.05, 0.1) is 27.9 Å². The molecule has 9 heteroatoms. The molecule has 1 atom stereocenters. The highest BCUT2D eigenvalue weighted by molar-refractivity contribution is 6.34. The molecule has 5 rings (SSSR count). The van der Waals surface area contributed by atoms with Gasteiger partial charge in [0.15, 0.2) is 0 Å². The summed E-state index contributed by atoms with van der Waals surface area (Å²) in [5.41, 5.74) is -2.17. The van der Waals surface area contributed by atoms with E-state index in [2.05, 4.69) is 0 Å². The van der Waals surface area contributed by atoms with E-state index in [4.69, 9.17) is 0 Å². The topological polar surface area (TPSA) is 74.8 Å². The standard InChI is InChI=1S/C27H19F3N2O4/c1-14-4-8-17(9-5-14)32-24(35)19-11-7-16(13-21(19)25(32)36)26(2,27(28,29)30)15-6-10-18-20(12-15)23(34)31(3)22(18)33/h4-13H,1-3H3. The monoisotopic (exact) mass is 492 g/mol. The number of anilines is 1. The van der Waals surface area contributed by atoms with Crippen LogP contribution in [0.4, 0.5) is 18.9 Å². The zero-order valence-electron chi connectivity index (χ0n) is 19.4. The number of rotatable bonds is 3. The number of carbonyl (C=O) groups is 4. The number of aryl methyl sites for hydroxylation is 1. The number of amides is 4. The smallest absolute Gasteiger partial charge is 0.277 e. The maximum absolute atomic E-state index is 14.7. The highest BCUT2D eigenvalue weighted by atomic mass is 19.4. The van der Waals surface area contributed by atoms with Crippen LogP contribution in [0.2, 0.25) is 0 Å². The average Bonchev–Trinajstić information content (AvgIpc) is 3.22. The van der Waals surface area contributed by atoms with Crippen molar-refractivity contribution < 1.29 is 32.3 Å². The van der Waals surface area contributed by atoms with Crippen LogP contribution in [0, 0.1) is 6.92 Å². The van der Waals surface area contributed by atoms with Crippen molar-refractivity contribution in [3.63, 3.8) is 0 Å². The van der Waals surface area contributed by atoms with Crippen molar-refractivity contribution in [3.8, 4) is 0 Å². The Kier molecular flexibility index (Phi) is 4.96. The van der Waals surface area contributed by atoms with Gasteiger partial charge in [-0.2, -0.15) is 13.2 Å². The van der Waals surface area contributed by atoms with Crippen molar-refractivity contribution >= 4 is 29.3 Å². The SMILES string of the molecule is Cc1ccc(N2C(=O)c3ccc(C(C)(c4ccc5c(c4)C(=O)N(C)C5=O)C(F)(F)F)cc3C2=O)cc1. The molecule has 2 aliphatic heterocycles. The van der Waals surface area contributed by atoms with Crippen molar-refractivity contribution in [1.82, 2.24) is 4.90 Å². The summed E-state index contributed by atoms with van der Waals surface area (Å²) in [5.74, 6) is -2.62. The minimum absolute atomic E-state index is 0.00482. The summed E-state index contributed by atoms with van der Waals surface area (Å²) in [7, 11) is 1.26. The first kappa shape index (κ1) is 23.5. The summed E-state index contributed by atoms with van der Waals surface area (Å²) in [6.45, 7) is 2.79. The molecule has 0 saturated heterocycles. The minimum atomic E-state index is -4.84. The molecule has 0 aliphatic carbocycles. The third-order valence-corrected chi connectivity index (χ3v) is 6.99. The second-order valence-electron chi connectivity index (χ2n) is 9.09. The second-order valence-corrected chi connectivity index (χ2v) is 9.09. The molecular formula is C27H19F3N2O4. The van der Waals surface area contributed by atoms with E-state index in [0.717, 1.165) is 40.5 Å².